The Bertz CT molecular complexity index is 568. The van der Waals surface area contributed by atoms with Crippen LogP contribution >= 0.6 is 11.6 Å². The molecule has 0 saturated heterocycles. The number of benzene rings is 1. The monoisotopic (exact) mass is 295 g/mol. The molecule has 1 aliphatic carbocycles. The van der Waals surface area contributed by atoms with Crippen LogP contribution in [-0.4, -0.2) is 23.1 Å². The number of hydrogen-bond donors (Lipinski definition) is 1. The summed E-state index contributed by atoms with van der Waals surface area (Å²) in [6.07, 6.45) is 2.13. The van der Waals surface area contributed by atoms with Crippen LogP contribution < -0.4 is 10.1 Å². The van der Waals surface area contributed by atoms with Crippen LogP contribution in [0, 0.1) is 21.4 Å². The molecule has 0 bridgehead atoms. The van der Waals surface area contributed by atoms with Crippen LogP contribution in [0.4, 0.5) is 5.69 Å². The second kappa shape index (κ2) is 5.65. The van der Waals surface area contributed by atoms with Gasteiger partial charge in [0.1, 0.15) is 17.9 Å². The van der Waals surface area contributed by atoms with Gasteiger partial charge >= 0.3 is 0 Å². The Labute approximate surface area is 121 Å². The summed E-state index contributed by atoms with van der Waals surface area (Å²) in [6.45, 7) is 1.88. The van der Waals surface area contributed by atoms with Crippen molar-refractivity contribution in [2.75, 3.05) is 6.61 Å². The molecule has 7 heteroatoms. The van der Waals surface area contributed by atoms with E-state index in [0.29, 0.717) is 11.8 Å². The largest absolute Gasteiger partial charge is 0.489 e. The molecular formula is C13H14ClN3O3. The molecule has 0 spiro atoms. The fourth-order valence-electron chi connectivity index (χ4n) is 1.73. The van der Waals surface area contributed by atoms with Crippen LogP contribution in [0.2, 0.25) is 5.02 Å². The van der Waals surface area contributed by atoms with Gasteiger partial charge in [-0.1, -0.05) is 11.6 Å². The maximum Gasteiger partial charge on any atom is 0.271 e. The molecule has 1 fully saturated rings. The molecule has 6 nitrogen and oxygen atoms in total. The SMILES string of the molecule is CC(C#N)(COc1ccc([N+](=O)[O-])cc1Cl)NC1CC1. The number of ether oxygens (including phenoxy) is 1. The van der Waals surface area contributed by atoms with E-state index < -0.39 is 10.5 Å². The number of nitrogens with one attached hydrogen (secondary N) is 1. The zero-order valence-electron chi connectivity index (χ0n) is 10.9. The molecule has 1 aromatic carbocycles. The van der Waals surface area contributed by atoms with E-state index in [-0.39, 0.29) is 17.3 Å². The van der Waals surface area contributed by atoms with E-state index in [4.69, 9.17) is 16.3 Å². The van der Waals surface area contributed by atoms with E-state index in [1.165, 1.54) is 18.2 Å². The number of nitriles is 1. The highest BCUT2D eigenvalue weighted by atomic mass is 35.5. The van der Waals surface area contributed by atoms with Gasteiger partial charge in [0.2, 0.25) is 0 Å². The molecule has 20 heavy (non-hydrogen) atoms. The zero-order chi connectivity index (χ0) is 14.8. The normalized spacial score (nSPS) is 17.1. The number of nitro benzene ring substituents is 1. The van der Waals surface area contributed by atoms with Gasteiger partial charge < -0.3 is 4.74 Å². The van der Waals surface area contributed by atoms with Crippen molar-refractivity contribution in [3.05, 3.63) is 33.3 Å². The lowest BCUT2D eigenvalue weighted by atomic mass is 10.1. The molecule has 1 atom stereocenters. The van der Waals surface area contributed by atoms with Crippen LogP contribution in [-0.2, 0) is 0 Å². The predicted molar refractivity (Wildman–Crippen MR) is 73.8 cm³/mol. The number of non-ortho nitro benzene ring substituents is 1. The van der Waals surface area contributed by atoms with E-state index in [9.17, 15) is 15.4 Å². The first-order valence-corrected chi connectivity index (χ1v) is 6.57. The molecule has 0 heterocycles. The predicted octanol–water partition coefficient (Wildman–Crippen LogP) is 2.66. The average Bonchev–Trinajstić information content (AvgIpc) is 3.21. The molecule has 1 unspecified atom stereocenters. The molecule has 106 valence electrons. The van der Waals surface area contributed by atoms with Gasteiger partial charge in [-0.2, -0.15) is 5.26 Å². The molecule has 1 N–H and O–H groups in total. The standard InChI is InChI=1S/C13H14ClN3O3/c1-13(7-15,16-9-2-3-9)8-20-12-5-4-10(17(18)19)6-11(12)14/h4-6,9,16H,2-3,8H2,1H3. The highest BCUT2D eigenvalue weighted by Gasteiger charge is 2.33. The van der Waals surface area contributed by atoms with Gasteiger partial charge in [-0.3, -0.25) is 15.4 Å². The minimum absolute atomic E-state index is 0.0958. The van der Waals surface area contributed by atoms with Crippen LogP contribution in [0.3, 0.4) is 0 Å². The Morgan fingerprint density at radius 3 is 2.85 bits per heavy atom. The summed E-state index contributed by atoms with van der Waals surface area (Å²) in [5, 5.41) is 23.2. The first kappa shape index (κ1) is 14.6. The van der Waals surface area contributed by atoms with Gasteiger partial charge in [0.25, 0.3) is 5.69 Å². The minimum Gasteiger partial charge on any atom is -0.489 e. The molecule has 0 aromatic heterocycles. The molecule has 2 rings (SSSR count). The molecule has 0 radical (unpaired) electrons. The van der Waals surface area contributed by atoms with Crippen molar-refractivity contribution in [3.63, 3.8) is 0 Å². The lowest BCUT2D eigenvalue weighted by Crippen LogP contribution is -2.47. The van der Waals surface area contributed by atoms with Gasteiger partial charge in [0.05, 0.1) is 16.0 Å². The summed E-state index contributed by atoms with van der Waals surface area (Å²) in [7, 11) is 0. The van der Waals surface area contributed by atoms with Crippen molar-refractivity contribution in [1.29, 1.82) is 5.26 Å². The molecule has 1 saturated carbocycles. The Kier molecular flexibility index (Phi) is 4.12. The summed E-state index contributed by atoms with van der Waals surface area (Å²) < 4.78 is 5.52. The highest BCUT2D eigenvalue weighted by Crippen LogP contribution is 2.29. The molecule has 0 amide bonds. The average molecular weight is 296 g/mol. The first-order chi connectivity index (χ1) is 9.43. The Balaban J connectivity index is 2.02. The molecule has 1 aromatic rings. The maximum absolute atomic E-state index is 10.6. The topological polar surface area (TPSA) is 88.2 Å². The van der Waals surface area contributed by atoms with Crippen molar-refractivity contribution >= 4 is 17.3 Å². The fourth-order valence-corrected chi connectivity index (χ4v) is 1.96. The van der Waals surface area contributed by atoms with Gasteiger partial charge in [0.15, 0.2) is 0 Å². The van der Waals surface area contributed by atoms with Crippen LogP contribution in [0.1, 0.15) is 19.8 Å². The van der Waals surface area contributed by atoms with Crippen molar-refractivity contribution in [2.24, 2.45) is 0 Å². The fraction of sp³-hybridized carbons (Fsp3) is 0.462. The smallest absolute Gasteiger partial charge is 0.271 e. The number of halogens is 1. The summed E-state index contributed by atoms with van der Waals surface area (Å²) in [6, 6.07) is 6.54. The van der Waals surface area contributed by atoms with Gasteiger partial charge in [0, 0.05) is 18.2 Å². The Morgan fingerprint density at radius 1 is 1.65 bits per heavy atom. The van der Waals surface area contributed by atoms with Crippen molar-refractivity contribution < 1.29 is 9.66 Å². The quantitative estimate of drug-likeness (QED) is 0.644. The number of hydrogen-bond acceptors (Lipinski definition) is 5. The number of nitrogens with zero attached hydrogens (tertiary/aromatic N) is 2. The highest BCUT2D eigenvalue weighted by molar-refractivity contribution is 6.32. The van der Waals surface area contributed by atoms with Gasteiger partial charge in [-0.05, 0) is 25.8 Å². The molecule has 0 aliphatic heterocycles. The van der Waals surface area contributed by atoms with E-state index in [1.54, 1.807) is 6.92 Å². The van der Waals surface area contributed by atoms with E-state index in [0.717, 1.165) is 12.8 Å². The van der Waals surface area contributed by atoms with E-state index in [1.807, 2.05) is 0 Å². The van der Waals surface area contributed by atoms with E-state index in [2.05, 4.69) is 11.4 Å². The zero-order valence-corrected chi connectivity index (χ0v) is 11.7. The van der Waals surface area contributed by atoms with Gasteiger partial charge in [-0.15, -0.1) is 0 Å². The first-order valence-electron chi connectivity index (χ1n) is 6.19. The molecule has 1 aliphatic rings. The van der Waals surface area contributed by atoms with Crippen LogP contribution in [0.15, 0.2) is 18.2 Å². The van der Waals surface area contributed by atoms with Crippen LogP contribution in [0.5, 0.6) is 5.75 Å². The molecular weight excluding hydrogens is 282 g/mol. The summed E-state index contributed by atoms with van der Waals surface area (Å²) in [5.74, 6) is 0.330. The van der Waals surface area contributed by atoms with E-state index >= 15 is 0 Å². The second-order valence-corrected chi connectivity index (χ2v) is 5.43. The van der Waals surface area contributed by atoms with Crippen molar-refractivity contribution in [3.8, 4) is 11.8 Å². The Morgan fingerprint density at radius 2 is 2.35 bits per heavy atom. The third kappa shape index (κ3) is 3.59. The lowest BCUT2D eigenvalue weighted by molar-refractivity contribution is -0.384. The lowest BCUT2D eigenvalue weighted by Gasteiger charge is -2.23. The number of nitro groups is 1. The van der Waals surface area contributed by atoms with Gasteiger partial charge in [-0.25, -0.2) is 0 Å². The Hall–Kier alpha value is -1.84. The third-order valence-electron chi connectivity index (χ3n) is 2.99. The minimum atomic E-state index is -0.799. The van der Waals surface area contributed by atoms with Crippen molar-refractivity contribution in [2.45, 2.75) is 31.3 Å². The summed E-state index contributed by atoms with van der Waals surface area (Å²) in [4.78, 5) is 10.1. The number of rotatable bonds is 6. The maximum atomic E-state index is 10.6. The van der Waals surface area contributed by atoms with Crippen LogP contribution in [0.25, 0.3) is 0 Å². The second-order valence-electron chi connectivity index (χ2n) is 5.02. The third-order valence-corrected chi connectivity index (χ3v) is 3.28. The summed E-state index contributed by atoms with van der Waals surface area (Å²) >= 11 is 5.93. The van der Waals surface area contributed by atoms with Crippen molar-refractivity contribution in [1.82, 2.24) is 5.32 Å². The summed E-state index contributed by atoms with van der Waals surface area (Å²) in [5.41, 5.74) is -0.895.